The summed E-state index contributed by atoms with van der Waals surface area (Å²) < 4.78 is 5.71. The molecule has 2 amide bonds. The molecule has 0 spiro atoms. The van der Waals surface area contributed by atoms with Gasteiger partial charge in [-0.1, -0.05) is 37.1 Å². The zero-order valence-electron chi connectivity index (χ0n) is 17.7. The first-order valence-corrected chi connectivity index (χ1v) is 11.1. The van der Waals surface area contributed by atoms with E-state index < -0.39 is 0 Å². The first-order chi connectivity index (χ1) is 15.2. The maximum Gasteiger partial charge on any atom is 0.291 e. The van der Waals surface area contributed by atoms with Gasteiger partial charge in [-0.2, -0.15) is 0 Å². The second kappa shape index (κ2) is 10.3. The van der Waals surface area contributed by atoms with Crippen LogP contribution >= 0.6 is 0 Å². The topological polar surface area (TPSA) is 70.7 Å². The Hall–Kier alpha value is -3.12. The first kappa shape index (κ1) is 21.1. The molecule has 0 aromatic heterocycles. The lowest BCUT2D eigenvalue weighted by Crippen LogP contribution is -2.30. The fraction of sp³-hybridized carbons (Fsp3) is 0.360. The molecule has 1 saturated heterocycles. The lowest BCUT2D eigenvalue weighted by molar-refractivity contribution is -0.115. The number of nitrogens with one attached hydrogen (secondary N) is 2. The number of nitrogens with zero attached hydrogens (tertiary/aromatic N) is 1. The minimum absolute atomic E-state index is 0.0735. The molecule has 162 valence electrons. The summed E-state index contributed by atoms with van der Waals surface area (Å²) in [6.45, 7) is 4.07. The van der Waals surface area contributed by atoms with Gasteiger partial charge in [-0.15, -0.1) is 0 Å². The van der Waals surface area contributed by atoms with Gasteiger partial charge in [0.05, 0.1) is 5.69 Å². The molecule has 6 nitrogen and oxygen atoms in total. The van der Waals surface area contributed by atoms with Gasteiger partial charge < -0.3 is 20.3 Å². The van der Waals surface area contributed by atoms with Crippen LogP contribution in [0.25, 0.3) is 6.08 Å². The molecule has 2 aliphatic rings. The van der Waals surface area contributed by atoms with Crippen molar-refractivity contribution in [1.82, 2.24) is 10.2 Å². The van der Waals surface area contributed by atoms with E-state index in [0.717, 1.165) is 18.5 Å². The van der Waals surface area contributed by atoms with Crippen LogP contribution in [-0.4, -0.2) is 42.9 Å². The highest BCUT2D eigenvalue weighted by molar-refractivity contribution is 6.08. The van der Waals surface area contributed by atoms with Gasteiger partial charge in [0.2, 0.25) is 0 Å². The Morgan fingerprint density at radius 1 is 1.03 bits per heavy atom. The van der Waals surface area contributed by atoms with Crippen LogP contribution in [0.3, 0.4) is 0 Å². The molecule has 2 aromatic carbocycles. The summed E-state index contributed by atoms with van der Waals surface area (Å²) in [7, 11) is 0. The number of amides is 2. The van der Waals surface area contributed by atoms with Crippen molar-refractivity contribution in [3.8, 4) is 5.75 Å². The molecule has 4 rings (SSSR count). The van der Waals surface area contributed by atoms with Gasteiger partial charge in [-0.3, -0.25) is 9.59 Å². The SMILES string of the molecule is O=C1Nc2ccccc2O/C1=C\c1ccc(C(=O)NCCCN2CCCCCC2)cc1. The fourth-order valence-electron chi connectivity index (χ4n) is 3.95. The average molecular weight is 420 g/mol. The van der Waals surface area contributed by atoms with Crippen LogP contribution in [0.15, 0.2) is 54.3 Å². The molecule has 1 fully saturated rings. The maximum absolute atomic E-state index is 12.4. The third-order valence-corrected chi connectivity index (χ3v) is 5.68. The summed E-state index contributed by atoms with van der Waals surface area (Å²) in [6, 6.07) is 14.5. The highest BCUT2D eigenvalue weighted by Crippen LogP contribution is 2.30. The van der Waals surface area contributed by atoms with Crippen LogP contribution < -0.4 is 15.4 Å². The molecular weight excluding hydrogens is 390 g/mol. The minimum Gasteiger partial charge on any atom is -0.449 e. The summed E-state index contributed by atoms with van der Waals surface area (Å²) in [5.41, 5.74) is 2.06. The predicted molar refractivity (Wildman–Crippen MR) is 122 cm³/mol. The van der Waals surface area contributed by atoms with Gasteiger partial charge in [0.1, 0.15) is 0 Å². The molecular formula is C25H29N3O3. The molecule has 0 unspecified atom stereocenters. The molecule has 2 aromatic rings. The number of fused-ring (bicyclic) bond motifs is 1. The van der Waals surface area contributed by atoms with E-state index in [9.17, 15) is 9.59 Å². The average Bonchev–Trinajstić information content (AvgIpc) is 3.06. The van der Waals surface area contributed by atoms with E-state index in [2.05, 4.69) is 15.5 Å². The first-order valence-electron chi connectivity index (χ1n) is 11.1. The van der Waals surface area contributed by atoms with Gasteiger partial charge in [-0.25, -0.2) is 0 Å². The number of rotatable bonds is 6. The van der Waals surface area contributed by atoms with Crippen molar-refractivity contribution in [3.05, 3.63) is 65.4 Å². The molecule has 0 saturated carbocycles. The normalized spacial score (nSPS) is 17.9. The Morgan fingerprint density at radius 3 is 2.55 bits per heavy atom. The molecule has 2 N–H and O–H groups in total. The highest BCUT2D eigenvalue weighted by Gasteiger charge is 2.21. The lowest BCUT2D eigenvalue weighted by atomic mass is 10.1. The van der Waals surface area contributed by atoms with E-state index in [4.69, 9.17) is 4.74 Å². The van der Waals surface area contributed by atoms with Crippen molar-refractivity contribution in [3.63, 3.8) is 0 Å². The molecule has 2 aliphatic heterocycles. The fourth-order valence-corrected chi connectivity index (χ4v) is 3.95. The van der Waals surface area contributed by atoms with E-state index in [1.54, 1.807) is 24.3 Å². The summed E-state index contributed by atoms with van der Waals surface area (Å²) >= 11 is 0. The number of anilines is 1. The van der Waals surface area contributed by atoms with E-state index in [1.165, 1.54) is 38.8 Å². The standard InChI is InChI=1S/C25H29N3O3/c29-24(26-14-7-17-28-15-5-1-2-6-16-28)20-12-10-19(11-13-20)18-23-25(30)27-21-8-3-4-9-22(21)31-23/h3-4,8-13,18H,1-2,5-7,14-17H2,(H,26,29)(H,27,30)/b23-18-. The Bertz CT molecular complexity index is 945. The van der Waals surface area contributed by atoms with Crippen LogP contribution in [0.4, 0.5) is 5.69 Å². The number of hydrogen-bond acceptors (Lipinski definition) is 4. The van der Waals surface area contributed by atoms with Crippen molar-refractivity contribution in [2.75, 3.05) is 31.5 Å². The second-order valence-corrected chi connectivity index (χ2v) is 8.05. The van der Waals surface area contributed by atoms with Gasteiger partial charge in [0.25, 0.3) is 11.8 Å². The van der Waals surface area contributed by atoms with Crippen molar-refractivity contribution in [1.29, 1.82) is 0 Å². The number of likely N-dealkylation sites (tertiary alicyclic amines) is 1. The van der Waals surface area contributed by atoms with Crippen LogP contribution in [0, 0.1) is 0 Å². The third kappa shape index (κ3) is 5.73. The summed E-state index contributed by atoms with van der Waals surface area (Å²) in [5.74, 6) is 0.481. The molecule has 31 heavy (non-hydrogen) atoms. The van der Waals surface area contributed by atoms with Crippen molar-refractivity contribution in [2.45, 2.75) is 32.1 Å². The summed E-state index contributed by atoms with van der Waals surface area (Å²) in [4.78, 5) is 27.2. The highest BCUT2D eigenvalue weighted by atomic mass is 16.5. The number of hydrogen-bond donors (Lipinski definition) is 2. The van der Waals surface area contributed by atoms with Crippen LogP contribution in [0.2, 0.25) is 0 Å². The Morgan fingerprint density at radius 2 is 1.77 bits per heavy atom. The van der Waals surface area contributed by atoms with Crippen molar-refractivity contribution in [2.24, 2.45) is 0 Å². The molecule has 0 bridgehead atoms. The zero-order valence-corrected chi connectivity index (χ0v) is 17.7. The molecule has 0 aliphatic carbocycles. The molecule has 0 atom stereocenters. The van der Waals surface area contributed by atoms with Gasteiger partial charge in [0, 0.05) is 12.1 Å². The van der Waals surface area contributed by atoms with Crippen LogP contribution in [-0.2, 0) is 4.79 Å². The van der Waals surface area contributed by atoms with Crippen molar-refractivity contribution < 1.29 is 14.3 Å². The maximum atomic E-state index is 12.4. The quantitative estimate of drug-likeness (QED) is 0.547. The Balaban J connectivity index is 1.28. The van der Waals surface area contributed by atoms with Crippen LogP contribution in [0.5, 0.6) is 5.75 Å². The van der Waals surface area contributed by atoms with Crippen LogP contribution in [0.1, 0.15) is 48.0 Å². The summed E-state index contributed by atoms with van der Waals surface area (Å²) in [5, 5.41) is 5.82. The van der Waals surface area contributed by atoms with E-state index in [1.807, 2.05) is 30.3 Å². The molecule has 6 heteroatoms. The van der Waals surface area contributed by atoms with Gasteiger partial charge in [0.15, 0.2) is 11.5 Å². The van der Waals surface area contributed by atoms with E-state index >= 15 is 0 Å². The van der Waals surface area contributed by atoms with Gasteiger partial charge in [-0.05, 0) is 74.8 Å². The number of para-hydroxylation sites is 2. The number of carbonyl (C=O) groups is 2. The zero-order chi connectivity index (χ0) is 21.5. The molecule has 2 heterocycles. The number of ether oxygens (including phenoxy) is 1. The lowest BCUT2D eigenvalue weighted by Gasteiger charge is -2.19. The Kier molecular flexibility index (Phi) is 6.99. The second-order valence-electron chi connectivity index (χ2n) is 8.05. The predicted octanol–water partition coefficient (Wildman–Crippen LogP) is 4.05. The third-order valence-electron chi connectivity index (χ3n) is 5.68. The smallest absolute Gasteiger partial charge is 0.291 e. The van der Waals surface area contributed by atoms with Gasteiger partial charge >= 0.3 is 0 Å². The Labute approximate surface area is 183 Å². The number of benzene rings is 2. The molecule has 0 radical (unpaired) electrons. The largest absolute Gasteiger partial charge is 0.449 e. The monoisotopic (exact) mass is 419 g/mol. The van der Waals surface area contributed by atoms with Crippen molar-refractivity contribution >= 4 is 23.6 Å². The number of carbonyl (C=O) groups excluding carboxylic acids is 2. The van der Waals surface area contributed by atoms with E-state index in [-0.39, 0.29) is 17.6 Å². The minimum atomic E-state index is -0.287. The summed E-state index contributed by atoms with van der Waals surface area (Å²) in [6.07, 6.45) is 7.88. The van der Waals surface area contributed by atoms with E-state index in [0.29, 0.717) is 23.5 Å².